The third-order valence-electron chi connectivity index (χ3n) is 11.8. The minimum Gasteiger partial charge on any atom is -0.481 e. The zero-order valence-electron chi connectivity index (χ0n) is 32.1. The molecule has 2 aromatic rings. The van der Waals surface area contributed by atoms with E-state index in [2.05, 4.69) is 33.6 Å². The number of hydrogen-bond acceptors (Lipinski definition) is 9. The number of aryl methyl sites for hydroxylation is 2. The van der Waals surface area contributed by atoms with Gasteiger partial charge in [-0.15, -0.1) is 0 Å². The normalized spacial score (nSPS) is 22.2. The lowest BCUT2D eigenvalue weighted by Crippen LogP contribution is -2.63. The van der Waals surface area contributed by atoms with Crippen molar-refractivity contribution in [3.05, 3.63) is 58.9 Å². The Morgan fingerprint density at radius 3 is 2.02 bits per heavy atom. The van der Waals surface area contributed by atoms with E-state index in [0.29, 0.717) is 44.6 Å². The SMILES string of the molecule is Cc1ncnc(C)c1C(=O)N1CCC(C)(N2CCN([C@H](c3cccc(F)c3)C3CCN(S(=O)(=O)C4CC4)CC3)[C@H](C)C2)CC1.O=C(O)CCCCC(=O)O. The maximum Gasteiger partial charge on any atom is 0.303 e. The molecule has 54 heavy (non-hydrogen) atoms. The highest BCUT2D eigenvalue weighted by Gasteiger charge is 2.45. The van der Waals surface area contributed by atoms with Gasteiger partial charge in [-0.3, -0.25) is 24.2 Å². The van der Waals surface area contributed by atoms with Crippen molar-refractivity contribution in [2.45, 2.75) is 115 Å². The van der Waals surface area contributed by atoms with Gasteiger partial charge in [0.05, 0.1) is 22.2 Å². The number of likely N-dealkylation sites (tertiary alicyclic amines) is 1. The second-order valence-electron chi connectivity index (χ2n) is 15.7. The maximum absolute atomic E-state index is 14.5. The van der Waals surface area contributed by atoms with E-state index in [9.17, 15) is 27.2 Å². The lowest BCUT2D eigenvalue weighted by atomic mass is 9.82. The van der Waals surface area contributed by atoms with Crippen LogP contribution in [0.1, 0.15) is 111 Å². The van der Waals surface area contributed by atoms with Gasteiger partial charge >= 0.3 is 11.9 Å². The summed E-state index contributed by atoms with van der Waals surface area (Å²) in [6.07, 6.45) is 7.47. The van der Waals surface area contributed by atoms with Gasteiger partial charge in [0.2, 0.25) is 10.0 Å². The summed E-state index contributed by atoms with van der Waals surface area (Å²) in [4.78, 5) is 48.8. The minimum absolute atomic E-state index is 0.00866. The second kappa shape index (κ2) is 17.9. The van der Waals surface area contributed by atoms with Crippen molar-refractivity contribution in [1.82, 2.24) is 29.0 Å². The zero-order valence-corrected chi connectivity index (χ0v) is 32.9. The average Bonchev–Trinajstić information content (AvgIpc) is 3.99. The number of carbonyl (C=O) groups excluding carboxylic acids is 1. The largest absolute Gasteiger partial charge is 0.481 e. The Morgan fingerprint density at radius 2 is 1.50 bits per heavy atom. The summed E-state index contributed by atoms with van der Waals surface area (Å²) in [6.45, 7) is 13.5. The number of rotatable bonds is 12. The van der Waals surface area contributed by atoms with Crippen LogP contribution in [0.4, 0.5) is 4.39 Å². The van der Waals surface area contributed by atoms with Gasteiger partial charge < -0.3 is 15.1 Å². The van der Waals surface area contributed by atoms with E-state index in [1.54, 1.807) is 16.4 Å². The van der Waals surface area contributed by atoms with Gasteiger partial charge in [-0.1, -0.05) is 12.1 Å². The molecule has 6 rings (SSSR count). The van der Waals surface area contributed by atoms with Crippen molar-refractivity contribution in [1.29, 1.82) is 0 Å². The summed E-state index contributed by atoms with van der Waals surface area (Å²) in [6, 6.07) is 7.29. The van der Waals surface area contributed by atoms with Crippen molar-refractivity contribution in [2.75, 3.05) is 45.8 Å². The molecule has 13 nitrogen and oxygen atoms in total. The molecule has 4 heterocycles. The van der Waals surface area contributed by atoms with Gasteiger partial charge in [0.25, 0.3) is 5.91 Å². The van der Waals surface area contributed by atoms with Gasteiger partial charge in [0.1, 0.15) is 12.1 Å². The first-order valence-corrected chi connectivity index (χ1v) is 20.9. The molecule has 2 N–H and O–H groups in total. The van der Waals surface area contributed by atoms with E-state index >= 15 is 0 Å². The summed E-state index contributed by atoms with van der Waals surface area (Å²) in [5.41, 5.74) is 3.05. The first-order valence-electron chi connectivity index (χ1n) is 19.4. The molecule has 1 aliphatic carbocycles. The molecule has 0 radical (unpaired) electrons. The predicted molar refractivity (Wildman–Crippen MR) is 202 cm³/mol. The summed E-state index contributed by atoms with van der Waals surface area (Å²) < 4.78 is 42.0. The quantitative estimate of drug-likeness (QED) is 0.282. The van der Waals surface area contributed by atoms with Crippen LogP contribution in [0.25, 0.3) is 0 Å². The molecule has 0 unspecified atom stereocenters. The molecule has 3 aliphatic heterocycles. The van der Waals surface area contributed by atoms with E-state index < -0.39 is 22.0 Å². The Hall–Kier alpha value is -3.53. The standard InChI is InChI=1S/C33H47FN6O3S.C6H10O4/c1-23-21-38(33(4)12-16-37(17-13-33)32(41)30-24(2)35-22-36-25(30)3)18-19-40(23)31(27-6-5-7-28(34)20-27)26-10-14-39(15-11-26)44(42,43)29-8-9-29;7-5(8)3-1-2-4-6(9)10/h5-7,20,22-23,26,29,31H,8-19,21H2,1-4H3;1-4H2,(H,7,8)(H,9,10)/t23-,31+;/m1./s1. The fraction of sp³-hybridized carbons (Fsp3) is 0.667. The topological polar surface area (TPSA) is 165 Å². The molecule has 2 atom stereocenters. The molecule has 0 bridgehead atoms. The molecule has 4 fully saturated rings. The fourth-order valence-electron chi connectivity index (χ4n) is 8.44. The maximum atomic E-state index is 14.5. The molecule has 3 saturated heterocycles. The van der Waals surface area contributed by atoms with Gasteiger partial charge in [0.15, 0.2) is 0 Å². The highest BCUT2D eigenvalue weighted by Crippen LogP contribution is 2.41. The average molecular weight is 773 g/mol. The lowest BCUT2D eigenvalue weighted by molar-refractivity contribution is -0.139. The third-order valence-corrected chi connectivity index (χ3v) is 14.2. The molecule has 0 spiro atoms. The number of amides is 1. The molecule has 298 valence electrons. The molecular formula is C39H57FN6O7S. The van der Waals surface area contributed by atoms with Crippen molar-refractivity contribution >= 4 is 27.9 Å². The Labute approximate surface area is 319 Å². The van der Waals surface area contributed by atoms with Gasteiger partial charge in [-0.25, -0.2) is 27.1 Å². The van der Waals surface area contributed by atoms with Crippen LogP contribution in [0.2, 0.25) is 0 Å². The van der Waals surface area contributed by atoms with E-state index in [-0.39, 0.29) is 53.4 Å². The monoisotopic (exact) mass is 772 g/mol. The number of aromatic nitrogens is 2. The van der Waals surface area contributed by atoms with E-state index in [1.807, 2.05) is 24.8 Å². The van der Waals surface area contributed by atoms with Gasteiger partial charge in [-0.05, 0) is 103 Å². The number of sulfonamides is 1. The number of benzene rings is 1. The molecule has 1 amide bonds. The summed E-state index contributed by atoms with van der Waals surface area (Å²) in [5.74, 6) is -1.69. The number of hydrogen-bond donors (Lipinski definition) is 2. The van der Waals surface area contributed by atoms with E-state index in [1.165, 1.54) is 12.4 Å². The fourth-order valence-corrected chi connectivity index (χ4v) is 10.3. The van der Waals surface area contributed by atoms with Crippen molar-refractivity contribution < 1.29 is 37.4 Å². The Morgan fingerprint density at radius 1 is 0.907 bits per heavy atom. The first kappa shape index (κ1) is 41.6. The number of piperazine rings is 1. The number of piperidine rings is 2. The number of nitrogens with zero attached hydrogens (tertiary/aromatic N) is 6. The second-order valence-corrected chi connectivity index (χ2v) is 17.9. The minimum atomic E-state index is -3.18. The first-order chi connectivity index (χ1) is 25.6. The van der Waals surface area contributed by atoms with Crippen LogP contribution in [0.3, 0.4) is 0 Å². The van der Waals surface area contributed by atoms with Gasteiger partial charge in [-0.2, -0.15) is 0 Å². The number of aliphatic carboxylic acids is 2. The highest BCUT2D eigenvalue weighted by atomic mass is 32.2. The molecule has 1 aromatic heterocycles. The highest BCUT2D eigenvalue weighted by molar-refractivity contribution is 7.90. The van der Waals surface area contributed by atoms with Crippen LogP contribution in [-0.4, -0.2) is 128 Å². The summed E-state index contributed by atoms with van der Waals surface area (Å²) >= 11 is 0. The van der Waals surface area contributed by atoms with Crippen LogP contribution < -0.4 is 0 Å². The van der Waals surface area contributed by atoms with Crippen molar-refractivity contribution in [3.63, 3.8) is 0 Å². The smallest absolute Gasteiger partial charge is 0.303 e. The Balaban J connectivity index is 0.000000493. The van der Waals surface area contributed by atoms with E-state index in [0.717, 1.165) is 75.1 Å². The Kier molecular flexibility index (Phi) is 13.8. The van der Waals surface area contributed by atoms with Crippen LogP contribution >= 0.6 is 0 Å². The zero-order chi connectivity index (χ0) is 39.2. The molecule has 1 saturated carbocycles. The van der Waals surface area contributed by atoms with Crippen LogP contribution in [0.15, 0.2) is 30.6 Å². The molecule has 1 aromatic carbocycles. The van der Waals surface area contributed by atoms with Crippen LogP contribution in [0, 0.1) is 25.6 Å². The van der Waals surface area contributed by atoms with Crippen molar-refractivity contribution in [2.24, 2.45) is 5.92 Å². The van der Waals surface area contributed by atoms with Crippen molar-refractivity contribution in [3.8, 4) is 0 Å². The van der Waals surface area contributed by atoms with E-state index in [4.69, 9.17) is 10.2 Å². The number of halogens is 1. The summed E-state index contributed by atoms with van der Waals surface area (Å²) in [5, 5.41) is 16.1. The lowest BCUT2D eigenvalue weighted by Gasteiger charge is -2.54. The third kappa shape index (κ3) is 10.2. The van der Waals surface area contributed by atoms with Crippen LogP contribution in [0.5, 0.6) is 0 Å². The van der Waals surface area contributed by atoms with Gasteiger partial charge in [0, 0.05) is 76.3 Å². The molecule has 15 heteroatoms. The number of carbonyl (C=O) groups is 3. The molecular weight excluding hydrogens is 716 g/mol. The predicted octanol–water partition coefficient (Wildman–Crippen LogP) is 4.89. The molecule has 4 aliphatic rings. The van der Waals surface area contributed by atoms with Crippen LogP contribution in [-0.2, 0) is 19.6 Å². The number of carboxylic acids is 2. The summed E-state index contributed by atoms with van der Waals surface area (Å²) in [7, 11) is -3.18. The number of carboxylic acid groups (broad SMARTS) is 2. The Bertz CT molecular complexity index is 1710. The number of unbranched alkanes of at least 4 members (excludes halogenated alkanes) is 1.